The number of imidazole rings is 1. The van der Waals surface area contributed by atoms with Crippen LogP contribution in [0.5, 0.6) is 0 Å². The average molecular weight is 491 g/mol. The van der Waals surface area contributed by atoms with Crippen molar-refractivity contribution in [3.63, 3.8) is 0 Å². The molecule has 0 fully saturated rings. The van der Waals surface area contributed by atoms with Crippen LogP contribution >= 0.6 is 27.5 Å². The zero-order valence-electron chi connectivity index (χ0n) is 14.4. The van der Waals surface area contributed by atoms with Gasteiger partial charge in [-0.25, -0.2) is 9.18 Å². The summed E-state index contributed by atoms with van der Waals surface area (Å²) >= 11 is 9.05. The zero-order valence-corrected chi connectivity index (χ0v) is 16.8. The van der Waals surface area contributed by atoms with Crippen molar-refractivity contribution in [3.8, 4) is 6.07 Å². The number of fused-ring (bicyclic) bond motifs is 1. The topological polar surface area (TPSA) is 67.8 Å². The molecule has 0 aliphatic rings. The third kappa shape index (κ3) is 3.68. The molecule has 3 rings (SSSR count). The van der Waals surface area contributed by atoms with E-state index in [0.717, 1.165) is 28.8 Å². The maximum atomic E-state index is 13.6. The fourth-order valence-electron chi connectivity index (χ4n) is 3.02. The van der Waals surface area contributed by atoms with Gasteiger partial charge in [0.1, 0.15) is 18.4 Å². The number of nitriles is 1. The van der Waals surface area contributed by atoms with Crippen molar-refractivity contribution in [2.45, 2.75) is 12.7 Å². The summed E-state index contributed by atoms with van der Waals surface area (Å²) in [6.45, 7) is -1.57. The highest BCUT2D eigenvalue weighted by atomic mass is 79.9. The van der Waals surface area contributed by atoms with Gasteiger partial charge in [-0.15, -0.1) is 0 Å². The van der Waals surface area contributed by atoms with Gasteiger partial charge in [0.2, 0.25) is 0 Å². The molecule has 2 aromatic carbocycles. The Hall–Kier alpha value is -2.64. The van der Waals surface area contributed by atoms with Gasteiger partial charge in [0.25, 0.3) is 0 Å². The summed E-state index contributed by atoms with van der Waals surface area (Å²) in [6.07, 6.45) is -4.68. The first kappa shape index (κ1) is 21.1. The van der Waals surface area contributed by atoms with Crippen LogP contribution in [-0.2, 0) is 13.6 Å². The molecule has 5 nitrogen and oxygen atoms in total. The second-order valence-corrected chi connectivity index (χ2v) is 7.35. The van der Waals surface area contributed by atoms with E-state index in [0.29, 0.717) is 4.57 Å². The molecule has 0 amide bonds. The summed E-state index contributed by atoms with van der Waals surface area (Å²) in [5.74, 6) is -1.56. The van der Waals surface area contributed by atoms with Crippen molar-refractivity contribution in [2.24, 2.45) is 7.05 Å². The molecule has 0 atom stereocenters. The van der Waals surface area contributed by atoms with Crippen molar-refractivity contribution in [1.29, 1.82) is 5.26 Å². The van der Waals surface area contributed by atoms with Crippen LogP contribution in [0.4, 0.5) is 17.6 Å². The van der Waals surface area contributed by atoms with Gasteiger partial charge < -0.3 is 0 Å². The Morgan fingerprint density at radius 3 is 2.55 bits per heavy atom. The van der Waals surface area contributed by atoms with E-state index in [1.165, 1.54) is 7.05 Å². The van der Waals surface area contributed by atoms with Crippen molar-refractivity contribution < 1.29 is 22.4 Å². The predicted octanol–water partition coefficient (Wildman–Crippen LogP) is 4.56. The van der Waals surface area contributed by atoms with Gasteiger partial charge in [0, 0.05) is 17.1 Å². The molecular formula is C18H9BrClF4N3O2. The van der Waals surface area contributed by atoms with Crippen LogP contribution in [0.3, 0.4) is 0 Å². The van der Waals surface area contributed by atoms with Gasteiger partial charge in [-0.1, -0.05) is 11.6 Å². The minimum atomic E-state index is -4.68. The Kier molecular flexibility index (Phi) is 5.32. The minimum absolute atomic E-state index is 0.0339. The van der Waals surface area contributed by atoms with Gasteiger partial charge in [0.15, 0.2) is 5.78 Å². The van der Waals surface area contributed by atoms with Crippen molar-refractivity contribution in [1.82, 2.24) is 9.13 Å². The van der Waals surface area contributed by atoms with Crippen molar-refractivity contribution >= 4 is 44.3 Å². The number of aryl methyl sites for hydroxylation is 1. The third-order valence-electron chi connectivity index (χ3n) is 4.23. The number of carbonyl (C=O) groups excluding carboxylic acids is 1. The van der Waals surface area contributed by atoms with Crippen molar-refractivity contribution in [2.75, 3.05) is 0 Å². The number of halogens is 6. The molecule has 0 aliphatic carbocycles. The standard InChI is InChI=1S/C18H9BrClF4N3O2/c1-26-15-10(6-25)14(16(28)9-4-8(21)2-3-12(9)20)11(19)5-13(15)27(17(26)29)7-18(22,23)24/h2-5H,7H2,1H3. The first-order chi connectivity index (χ1) is 13.5. The molecule has 1 heterocycles. The van der Waals surface area contributed by atoms with Crippen LogP contribution in [-0.4, -0.2) is 21.1 Å². The van der Waals surface area contributed by atoms with Crippen LogP contribution in [0, 0.1) is 17.1 Å². The smallest absolute Gasteiger partial charge is 0.294 e. The van der Waals surface area contributed by atoms with Gasteiger partial charge in [-0.05, 0) is 40.2 Å². The third-order valence-corrected chi connectivity index (χ3v) is 5.18. The van der Waals surface area contributed by atoms with Crippen LogP contribution in [0.25, 0.3) is 11.0 Å². The highest BCUT2D eigenvalue weighted by Gasteiger charge is 2.32. The Morgan fingerprint density at radius 1 is 1.31 bits per heavy atom. The fraction of sp³-hybridized carbons (Fsp3) is 0.167. The molecule has 0 radical (unpaired) electrons. The molecule has 0 unspecified atom stereocenters. The molecule has 1 aromatic heterocycles. The van der Waals surface area contributed by atoms with Gasteiger partial charge >= 0.3 is 11.9 Å². The van der Waals surface area contributed by atoms with E-state index in [2.05, 4.69) is 15.9 Å². The highest BCUT2D eigenvalue weighted by molar-refractivity contribution is 9.10. The molecule has 29 heavy (non-hydrogen) atoms. The maximum Gasteiger partial charge on any atom is 0.406 e. The Morgan fingerprint density at radius 2 is 1.97 bits per heavy atom. The van der Waals surface area contributed by atoms with Crippen LogP contribution < -0.4 is 5.69 Å². The summed E-state index contributed by atoms with van der Waals surface area (Å²) in [7, 11) is 1.19. The molecular weight excluding hydrogens is 482 g/mol. The lowest BCUT2D eigenvalue weighted by Crippen LogP contribution is -2.28. The summed E-state index contributed by atoms with van der Waals surface area (Å²) in [6, 6.07) is 6.00. The molecule has 11 heteroatoms. The first-order valence-electron chi connectivity index (χ1n) is 7.84. The second-order valence-electron chi connectivity index (χ2n) is 6.08. The molecule has 0 N–H and O–H groups in total. The number of alkyl halides is 3. The zero-order chi connectivity index (χ0) is 21.7. The number of rotatable bonds is 3. The van der Waals surface area contributed by atoms with E-state index in [1.54, 1.807) is 6.07 Å². The van der Waals surface area contributed by atoms with E-state index in [4.69, 9.17) is 11.6 Å². The van der Waals surface area contributed by atoms with E-state index in [9.17, 15) is 32.4 Å². The summed E-state index contributed by atoms with van der Waals surface area (Å²) in [5, 5.41) is 9.57. The minimum Gasteiger partial charge on any atom is -0.294 e. The molecule has 0 bridgehead atoms. The second kappa shape index (κ2) is 7.31. The average Bonchev–Trinajstić information content (AvgIpc) is 2.85. The van der Waals surface area contributed by atoms with E-state index in [-0.39, 0.29) is 37.2 Å². The highest BCUT2D eigenvalue weighted by Crippen LogP contribution is 2.33. The van der Waals surface area contributed by atoms with E-state index >= 15 is 0 Å². The quantitative estimate of drug-likeness (QED) is 0.399. The number of nitrogens with zero attached hydrogens (tertiary/aromatic N) is 3. The largest absolute Gasteiger partial charge is 0.406 e. The normalized spacial score (nSPS) is 11.7. The molecule has 150 valence electrons. The molecule has 0 spiro atoms. The lowest BCUT2D eigenvalue weighted by atomic mass is 9.97. The van der Waals surface area contributed by atoms with E-state index in [1.807, 2.05) is 0 Å². The monoisotopic (exact) mass is 489 g/mol. The summed E-state index contributed by atoms with van der Waals surface area (Å²) in [5.41, 5.74) is -2.15. The number of hydrogen-bond donors (Lipinski definition) is 0. The number of ketones is 1. The van der Waals surface area contributed by atoms with E-state index < -0.39 is 30.0 Å². The predicted molar refractivity (Wildman–Crippen MR) is 100 cm³/mol. The lowest BCUT2D eigenvalue weighted by molar-refractivity contribution is -0.140. The Balaban J connectivity index is 2.37. The van der Waals surface area contributed by atoms with Crippen LogP contribution in [0.1, 0.15) is 21.5 Å². The summed E-state index contributed by atoms with van der Waals surface area (Å²) < 4.78 is 53.6. The van der Waals surface area contributed by atoms with Gasteiger partial charge in [-0.3, -0.25) is 13.9 Å². The van der Waals surface area contributed by atoms with Crippen molar-refractivity contribution in [3.05, 3.63) is 66.8 Å². The van der Waals surface area contributed by atoms with Gasteiger partial charge in [0.05, 0.1) is 27.2 Å². The number of carbonyl (C=O) groups is 1. The van der Waals surface area contributed by atoms with Gasteiger partial charge in [-0.2, -0.15) is 18.4 Å². The van der Waals surface area contributed by atoms with Crippen LogP contribution in [0.2, 0.25) is 5.02 Å². The SMILES string of the molecule is Cn1c(=O)n(CC(F)(F)F)c2cc(Br)c(C(=O)c3cc(F)ccc3Cl)c(C#N)c21. The van der Waals surface area contributed by atoms with Crippen LogP contribution in [0.15, 0.2) is 33.5 Å². The first-order valence-corrected chi connectivity index (χ1v) is 9.01. The maximum absolute atomic E-state index is 13.6. The number of hydrogen-bond acceptors (Lipinski definition) is 3. The fourth-order valence-corrected chi connectivity index (χ4v) is 3.82. The molecule has 0 saturated heterocycles. The summed E-state index contributed by atoms with van der Waals surface area (Å²) in [4.78, 5) is 25.3. The molecule has 0 aliphatic heterocycles. The number of aromatic nitrogens is 2. The molecule has 0 saturated carbocycles. The Bertz CT molecular complexity index is 1270. The lowest BCUT2D eigenvalue weighted by Gasteiger charge is -2.11. The molecule has 3 aromatic rings. The number of benzene rings is 2. The Labute approximate surface area is 173 Å².